The fraction of sp³-hybridized carbons (Fsp3) is 0.864. The topological polar surface area (TPSA) is 107 Å². The summed E-state index contributed by atoms with van der Waals surface area (Å²) in [6.45, 7) is 11.4. The van der Waals surface area contributed by atoms with Gasteiger partial charge in [-0.25, -0.2) is 0 Å². The van der Waals surface area contributed by atoms with E-state index in [0.717, 1.165) is 6.42 Å². The minimum absolute atomic E-state index is 0.000286. The highest BCUT2D eigenvalue weighted by Gasteiger charge is 2.75. The van der Waals surface area contributed by atoms with Crippen LogP contribution in [0.3, 0.4) is 0 Å². The van der Waals surface area contributed by atoms with Gasteiger partial charge in [-0.2, -0.15) is 0 Å². The summed E-state index contributed by atoms with van der Waals surface area (Å²) in [5.74, 6) is -0.751. The summed E-state index contributed by atoms with van der Waals surface area (Å²) in [4.78, 5) is 11.9. The average Bonchev–Trinajstić information content (AvgIpc) is 2.70. The van der Waals surface area contributed by atoms with E-state index in [9.17, 15) is 25.2 Å². The molecule has 0 aromatic carbocycles. The van der Waals surface area contributed by atoms with Crippen LogP contribution in [0.15, 0.2) is 12.2 Å². The molecule has 4 aliphatic carbocycles. The van der Waals surface area contributed by atoms with Crippen molar-refractivity contribution >= 4 is 5.97 Å². The molecule has 6 nitrogen and oxygen atoms in total. The molecular formula is C22H34O6. The molecule has 4 aliphatic rings. The van der Waals surface area contributed by atoms with Crippen molar-refractivity contribution in [2.75, 3.05) is 0 Å². The van der Waals surface area contributed by atoms with Crippen LogP contribution < -0.4 is 0 Å². The van der Waals surface area contributed by atoms with E-state index >= 15 is 0 Å². The molecule has 0 aliphatic heterocycles. The van der Waals surface area contributed by atoms with E-state index in [-0.39, 0.29) is 24.7 Å². The molecule has 28 heavy (non-hydrogen) atoms. The van der Waals surface area contributed by atoms with Crippen LogP contribution in [0.2, 0.25) is 0 Å². The van der Waals surface area contributed by atoms with Crippen LogP contribution in [0.25, 0.3) is 0 Å². The number of hydrogen-bond acceptors (Lipinski definition) is 6. The van der Waals surface area contributed by atoms with Gasteiger partial charge in [0.15, 0.2) is 0 Å². The van der Waals surface area contributed by atoms with Crippen molar-refractivity contribution in [1.82, 2.24) is 0 Å². The molecule has 4 rings (SSSR count). The fourth-order valence-electron chi connectivity index (χ4n) is 7.94. The van der Waals surface area contributed by atoms with Gasteiger partial charge >= 0.3 is 5.97 Å². The molecule has 0 amide bonds. The maximum Gasteiger partial charge on any atom is 0.302 e. The SMILES string of the molecule is C=C1[C@@H](O)[C@@]23CC[C@@H]4C(C)(C)[C@@H](O)C[C@H](O)[C@@]4(C)[C@@H]2[C@@H](OC(C)=O)C[C@]1(O)C3. The van der Waals surface area contributed by atoms with Crippen molar-refractivity contribution in [3.8, 4) is 0 Å². The second kappa shape index (κ2) is 5.81. The maximum absolute atomic E-state index is 11.9. The van der Waals surface area contributed by atoms with E-state index in [1.807, 2.05) is 20.8 Å². The monoisotopic (exact) mass is 394 g/mol. The number of rotatable bonds is 1. The van der Waals surface area contributed by atoms with Gasteiger partial charge < -0.3 is 25.2 Å². The maximum atomic E-state index is 11.9. The van der Waals surface area contributed by atoms with Crippen LogP contribution in [0.5, 0.6) is 0 Å². The van der Waals surface area contributed by atoms with E-state index in [4.69, 9.17) is 4.74 Å². The van der Waals surface area contributed by atoms with Crippen LogP contribution in [-0.2, 0) is 9.53 Å². The van der Waals surface area contributed by atoms with Gasteiger partial charge in [0, 0.05) is 36.5 Å². The van der Waals surface area contributed by atoms with E-state index in [2.05, 4.69) is 6.58 Å². The number of aliphatic hydroxyl groups excluding tert-OH is 3. The highest BCUT2D eigenvalue weighted by atomic mass is 16.5. The number of aliphatic hydroxyl groups is 4. The molecule has 0 heterocycles. The van der Waals surface area contributed by atoms with Gasteiger partial charge in [-0.05, 0) is 36.2 Å². The molecule has 2 bridgehead atoms. The number of carbonyl (C=O) groups excluding carboxylic acids is 1. The summed E-state index contributed by atoms with van der Waals surface area (Å²) in [7, 11) is 0. The Bertz CT molecular complexity index is 718. The molecule has 4 saturated carbocycles. The highest BCUT2D eigenvalue weighted by molar-refractivity contribution is 5.66. The number of fused-ring (bicyclic) bond motifs is 3. The lowest BCUT2D eigenvalue weighted by molar-refractivity contribution is -0.269. The third-order valence-corrected chi connectivity index (χ3v) is 9.18. The van der Waals surface area contributed by atoms with Crippen molar-refractivity contribution < 1.29 is 30.0 Å². The van der Waals surface area contributed by atoms with Gasteiger partial charge in [-0.15, -0.1) is 0 Å². The molecule has 1 spiro atoms. The Kier molecular flexibility index (Phi) is 4.22. The Hall–Kier alpha value is -0.950. The van der Waals surface area contributed by atoms with Gasteiger partial charge in [-0.3, -0.25) is 4.79 Å². The lowest BCUT2D eigenvalue weighted by atomic mass is 9.39. The van der Waals surface area contributed by atoms with Crippen molar-refractivity contribution in [2.24, 2.45) is 28.1 Å². The summed E-state index contributed by atoms with van der Waals surface area (Å²) in [6.07, 6.45) is -0.739. The molecule has 0 aromatic rings. The second-order valence-corrected chi connectivity index (χ2v) is 10.7. The number of ether oxygens (including phenoxy) is 1. The Morgan fingerprint density at radius 1 is 1.18 bits per heavy atom. The highest BCUT2D eigenvalue weighted by Crippen LogP contribution is 2.73. The minimum Gasteiger partial charge on any atom is -0.462 e. The third kappa shape index (κ3) is 2.26. The van der Waals surface area contributed by atoms with Crippen molar-refractivity contribution in [3.05, 3.63) is 12.2 Å². The van der Waals surface area contributed by atoms with E-state index < -0.39 is 52.2 Å². The molecule has 9 atom stereocenters. The molecule has 6 heteroatoms. The zero-order valence-corrected chi connectivity index (χ0v) is 17.3. The van der Waals surface area contributed by atoms with Crippen molar-refractivity contribution in [2.45, 2.75) is 89.8 Å². The van der Waals surface area contributed by atoms with E-state index in [1.54, 1.807) is 0 Å². The Balaban J connectivity index is 1.89. The summed E-state index contributed by atoms with van der Waals surface area (Å²) >= 11 is 0. The van der Waals surface area contributed by atoms with Gasteiger partial charge in [0.25, 0.3) is 0 Å². The van der Waals surface area contributed by atoms with Gasteiger partial charge in [0.05, 0.1) is 23.9 Å². The molecule has 158 valence electrons. The first-order valence-corrected chi connectivity index (χ1v) is 10.4. The lowest BCUT2D eigenvalue weighted by Crippen LogP contribution is -2.69. The third-order valence-electron chi connectivity index (χ3n) is 9.18. The summed E-state index contributed by atoms with van der Waals surface area (Å²) < 4.78 is 5.73. The summed E-state index contributed by atoms with van der Waals surface area (Å²) in [6, 6.07) is 0. The fourth-order valence-corrected chi connectivity index (χ4v) is 7.94. The van der Waals surface area contributed by atoms with Crippen LogP contribution in [-0.4, -0.2) is 56.4 Å². The second-order valence-electron chi connectivity index (χ2n) is 10.7. The van der Waals surface area contributed by atoms with Crippen molar-refractivity contribution in [3.63, 3.8) is 0 Å². The largest absolute Gasteiger partial charge is 0.462 e. The van der Waals surface area contributed by atoms with Gasteiger partial charge in [-0.1, -0.05) is 27.4 Å². The first-order chi connectivity index (χ1) is 12.8. The normalized spacial score (nSPS) is 54.6. The number of esters is 1. The smallest absolute Gasteiger partial charge is 0.302 e. The molecule has 0 unspecified atom stereocenters. The molecule has 4 N–H and O–H groups in total. The van der Waals surface area contributed by atoms with Crippen molar-refractivity contribution in [1.29, 1.82) is 0 Å². The zero-order chi connectivity index (χ0) is 20.9. The first kappa shape index (κ1) is 20.3. The number of carbonyl (C=O) groups is 1. The molecular weight excluding hydrogens is 360 g/mol. The standard InChI is InChI=1S/C22H34O6/c1-11-18(26)21-7-6-14-19(3,4)15(24)8-16(25)20(14,5)17(21)13(28-12(2)23)9-22(11,27)10-21/h13-18,24-27H,1,6-10H2,2-5H3/t13-,14+,15-,16-,17-,18+,20-,21+,22-/m0/s1. The molecule has 4 fully saturated rings. The number of hydrogen-bond donors (Lipinski definition) is 4. The molecule has 0 saturated heterocycles. The Labute approximate surface area is 166 Å². The van der Waals surface area contributed by atoms with E-state index in [1.165, 1.54) is 6.92 Å². The summed E-state index contributed by atoms with van der Waals surface area (Å²) in [5.41, 5.74) is -2.61. The Morgan fingerprint density at radius 2 is 1.82 bits per heavy atom. The minimum atomic E-state index is -1.26. The lowest BCUT2D eigenvalue weighted by Gasteiger charge is -2.67. The molecule has 0 radical (unpaired) electrons. The van der Waals surface area contributed by atoms with Gasteiger partial charge in [0.2, 0.25) is 0 Å². The molecule has 0 aromatic heterocycles. The van der Waals surface area contributed by atoms with Crippen LogP contribution in [0.4, 0.5) is 0 Å². The quantitative estimate of drug-likeness (QED) is 0.397. The van der Waals surface area contributed by atoms with Crippen LogP contribution in [0, 0.1) is 28.1 Å². The van der Waals surface area contributed by atoms with Gasteiger partial charge in [0.1, 0.15) is 6.10 Å². The summed E-state index contributed by atoms with van der Waals surface area (Å²) in [5, 5.41) is 44.3. The zero-order valence-electron chi connectivity index (χ0n) is 17.3. The van der Waals surface area contributed by atoms with E-state index in [0.29, 0.717) is 18.4 Å². The average molecular weight is 395 g/mol. The Morgan fingerprint density at radius 3 is 2.43 bits per heavy atom. The predicted octanol–water partition coefficient (Wildman–Crippen LogP) is 1.54. The first-order valence-electron chi connectivity index (χ1n) is 10.4. The predicted molar refractivity (Wildman–Crippen MR) is 102 cm³/mol. The van der Waals surface area contributed by atoms with Crippen LogP contribution >= 0.6 is 0 Å². The van der Waals surface area contributed by atoms with Crippen LogP contribution in [0.1, 0.15) is 59.8 Å².